The molecule has 0 aromatic heterocycles. The molecule has 19 heavy (non-hydrogen) atoms. The summed E-state index contributed by atoms with van der Waals surface area (Å²) in [7, 11) is 1.59. The number of carbonyl (C=O) groups excluding carboxylic acids is 1. The molecular weight excluding hydrogens is 244 g/mol. The van der Waals surface area contributed by atoms with E-state index in [4.69, 9.17) is 15.2 Å². The lowest BCUT2D eigenvalue weighted by atomic mass is 10.1. The van der Waals surface area contributed by atoms with E-state index in [-0.39, 0.29) is 18.6 Å². The predicted octanol–water partition coefficient (Wildman–Crippen LogP) is 1.16. The summed E-state index contributed by atoms with van der Waals surface area (Å²) in [6, 6.07) is 5.62. The van der Waals surface area contributed by atoms with Gasteiger partial charge in [0.2, 0.25) is 0 Å². The average molecular weight is 266 g/mol. The van der Waals surface area contributed by atoms with Gasteiger partial charge in [-0.3, -0.25) is 4.79 Å². The van der Waals surface area contributed by atoms with Crippen LogP contribution in [0.5, 0.6) is 5.75 Å². The van der Waals surface area contributed by atoms with E-state index in [0.717, 1.165) is 11.1 Å². The zero-order valence-electron chi connectivity index (χ0n) is 11.7. The first-order valence-electron chi connectivity index (χ1n) is 6.29. The first-order valence-corrected chi connectivity index (χ1v) is 6.29. The van der Waals surface area contributed by atoms with Gasteiger partial charge in [0.25, 0.3) is 5.91 Å². The Labute approximate surface area is 114 Å². The number of ether oxygens (including phenoxy) is 2. The van der Waals surface area contributed by atoms with Crippen LogP contribution in [0.25, 0.3) is 0 Å². The van der Waals surface area contributed by atoms with E-state index in [0.29, 0.717) is 18.9 Å². The third-order valence-corrected chi connectivity index (χ3v) is 2.64. The first kappa shape index (κ1) is 15.5. The maximum atomic E-state index is 11.5. The fraction of sp³-hybridized carbons (Fsp3) is 0.500. The number of hydrogen-bond donors (Lipinski definition) is 2. The molecule has 106 valence electrons. The number of aryl methyl sites for hydroxylation is 1. The van der Waals surface area contributed by atoms with Gasteiger partial charge in [0.05, 0.1) is 6.61 Å². The zero-order valence-corrected chi connectivity index (χ0v) is 11.7. The van der Waals surface area contributed by atoms with E-state index < -0.39 is 0 Å². The summed E-state index contributed by atoms with van der Waals surface area (Å²) in [6.07, 6.45) is 0. The number of methoxy groups -OCH3 is 1. The van der Waals surface area contributed by atoms with E-state index in [1.54, 1.807) is 7.11 Å². The second kappa shape index (κ2) is 7.76. The average Bonchev–Trinajstić information content (AvgIpc) is 2.37. The monoisotopic (exact) mass is 266 g/mol. The number of carbonyl (C=O) groups is 1. The molecule has 1 aromatic rings. The molecule has 1 rings (SSSR count). The quantitative estimate of drug-likeness (QED) is 0.726. The highest BCUT2D eigenvalue weighted by Gasteiger charge is 2.10. The standard InChI is InChI=1S/C14H22N2O3/c1-10-4-5-13(12(8-10)11(2)15)19-9-14(17)16-6-7-18-3/h4-5,8,11H,6-7,9,15H2,1-3H3,(H,16,17)/t11-/m1/s1. The van der Waals surface area contributed by atoms with Crippen molar-refractivity contribution in [3.8, 4) is 5.75 Å². The van der Waals surface area contributed by atoms with Crippen LogP contribution in [-0.4, -0.2) is 32.8 Å². The third-order valence-electron chi connectivity index (χ3n) is 2.64. The summed E-state index contributed by atoms with van der Waals surface area (Å²) < 4.78 is 10.4. The molecule has 0 heterocycles. The molecule has 0 saturated heterocycles. The normalized spacial score (nSPS) is 12.0. The molecular formula is C14H22N2O3. The van der Waals surface area contributed by atoms with Gasteiger partial charge in [-0.15, -0.1) is 0 Å². The van der Waals surface area contributed by atoms with Gasteiger partial charge in [-0.25, -0.2) is 0 Å². The lowest BCUT2D eigenvalue weighted by molar-refractivity contribution is -0.123. The Balaban J connectivity index is 2.55. The van der Waals surface area contributed by atoms with Crippen LogP contribution in [0.4, 0.5) is 0 Å². The van der Waals surface area contributed by atoms with Gasteiger partial charge in [-0.05, 0) is 19.9 Å². The summed E-state index contributed by atoms with van der Waals surface area (Å²) in [5.41, 5.74) is 7.91. The predicted molar refractivity (Wildman–Crippen MR) is 74.2 cm³/mol. The number of hydrogen-bond acceptors (Lipinski definition) is 4. The molecule has 0 aliphatic carbocycles. The van der Waals surface area contributed by atoms with Crippen LogP contribution in [-0.2, 0) is 9.53 Å². The van der Waals surface area contributed by atoms with Crippen molar-refractivity contribution in [2.24, 2.45) is 5.73 Å². The lowest BCUT2D eigenvalue weighted by Crippen LogP contribution is -2.31. The Morgan fingerprint density at radius 2 is 2.21 bits per heavy atom. The first-order chi connectivity index (χ1) is 9.04. The summed E-state index contributed by atoms with van der Waals surface area (Å²) in [5.74, 6) is 0.482. The molecule has 0 fully saturated rings. The maximum absolute atomic E-state index is 11.5. The number of nitrogens with two attached hydrogens (primary N) is 1. The van der Waals surface area contributed by atoms with Crippen LogP contribution >= 0.6 is 0 Å². The fourth-order valence-corrected chi connectivity index (χ4v) is 1.64. The van der Waals surface area contributed by atoms with Crippen molar-refractivity contribution in [3.63, 3.8) is 0 Å². The molecule has 0 aliphatic rings. The van der Waals surface area contributed by atoms with Crippen molar-refractivity contribution in [3.05, 3.63) is 29.3 Å². The summed E-state index contributed by atoms with van der Waals surface area (Å²) >= 11 is 0. The number of amides is 1. The Morgan fingerprint density at radius 3 is 2.84 bits per heavy atom. The Morgan fingerprint density at radius 1 is 1.47 bits per heavy atom. The molecule has 0 aliphatic heterocycles. The Hall–Kier alpha value is -1.59. The van der Waals surface area contributed by atoms with Crippen molar-refractivity contribution in [2.45, 2.75) is 19.9 Å². The second-order valence-corrected chi connectivity index (χ2v) is 4.46. The molecule has 0 bridgehead atoms. The van der Waals surface area contributed by atoms with E-state index in [1.165, 1.54) is 0 Å². The molecule has 1 amide bonds. The maximum Gasteiger partial charge on any atom is 0.258 e. The van der Waals surface area contributed by atoms with Crippen molar-refractivity contribution in [2.75, 3.05) is 26.9 Å². The number of benzene rings is 1. The van der Waals surface area contributed by atoms with Crippen molar-refractivity contribution < 1.29 is 14.3 Å². The van der Waals surface area contributed by atoms with E-state index >= 15 is 0 Å². The van der Waals surface area contributed by atoms with Gasteiger partial charge in [-0.1, -0.05) is 17.7 Å². The minimum atomic E-state index is -0.173. The van der Waals surface area contributed by atoms with E-state index in [1.807, 2.05) is 32.0 Å². The van der Waals surface area contributed by atoms with Crippen LogP contribution in [0, 0.1) is 6.92 Å². The van der Waals surface area contributed by atoms with E-state index in [9.17, 15) is 4.79 Å². The molecule has 0 saturated carbocycles. The van der Waals surface area contributed by atoms with E-state index in [2.05, 4.69) is 5.32 Å². The van der Waals surface area contributed by atoms with Crippen molar-refractivity contribution in [1.82, 2.24) is 5.32 Å². The van der Waals surface area contributed by atoms with Crippen LogP contribution in [0.1, 0.15) is 24.1 Å². The Kier molecular flexibility index (Phi) is 6.32. The Bertz CT molecular complexity index is 419. The number of nitrogens with one attached hydrogen (secondary N) is 1. The zero-order chi connectivity index (χ0) is 14.3. The summed E-state index contributed by atoms with van der Waals surface area (Å²) in [4.78, 5) is 11.5. The molecule has 3 N–H and O–H groups in total. The highest BCUT2D eigenvalue weighted by molar-refractivity contribution is 5.77. The van der Waals surface area contributed by atoms with Gasteiger partial charge in [-0.2, -0.15) is 0 Å². The largest absolute Gasteiger partial charge is 0.483 e. The smallest absolute Gasteiger partial charge is 0.258 e. The van der Waals surface area contributed by atoms with Crippen LogP contribution in [0.3, 0.4) is 0 Å². The summed E-state index contributed by atoms with van der Waals surface area (Å²) in [5, 5.41) is 2.69. The number of rotatable bonds is 7. The SMILES string of the molecule is COCCNC(=O)COc1ccc(C)cc1[C@@H](C)N. The molecule has 5 nitrogen and oxygen atoms in total. The van der Waals surface area contributed by atoms with Crippen LogP contribution < -0.4 is 15.8 Å². The van der Waals surface area contributed by atoms with Crippen molar-refractivity contribution >= 4 is 5.91 Å². The minimum Gasteiger partial charge on any atom is -0.483 e. The van der Waals surface area contributed by atoms with Gasteiger partial charge in [0.15, 0.2) is 6.61 Å². The molecule has 0 radical (unpaired) electrons. The highest BCUT2D eigenvalue weighted by atomic mass is 16.5. The minimum absolute atomic E-state index is 0.0213. The molecule has 5 heteroatoms. The molecule has 1 atom stereocenters. The molecule has 0 spiro atoms. The highest BCUT2D eigenvalue weighted by Crippen LogP contribution is 2.24. The second-order valence-electron chi connectivity index (χ2n) is 4.46. The van der Waals surface area contributed by atoms with Gasteiger partial charge >= 0.3 is 0 Å². The van der Waals surface area contributed by atoms with Crippen LogP contribution in [0.15, 0.2) is 18.2 Å². The lowest BCUT2D eigenvalue weighted by Gasteiger charge is -2.14. The molecule has 1 aromatic carbocycles. The topological polar surface area (TPSA) is 73.6 Å². The van der Waals surface area contributed by atoms with Gasteiger partial charge in [0.1, 0.15) is 5.75 Å². The fourth-order valence-electron chi connectivity index (χ4n) is 1.64. The van der Waals surface area contributed by atoms with Gasteiger partial charge in [0, 0.05) is 25.3 Å². The van der Waals surface area contributed by atoms with Crippen LogP contribution in [0.2, 0.25) is 0 Å². The summed E-state index contributed by atoms with van der Waals surface area (Å²) in [6.45, 7) is 4.83. The third kappa shape index (κ3) is 5.28. The van der Waals surface area contributed by atoms with Gasteiger partial charge < -0.3 is 20.5 Å². The molecule has 0 unspecified atom stereocenters. The van der Waals surface area contributed by atoms with Crippen molar-refractivity contribution in [1.29, 1.82) is 0 Å².